The maximum atomic E-state index is 13.3. The summed E-state index contributed by atoms with van der Waals surface area (Å²) in [5.41, 5.74) is 2.96. The van der Waals surface area contributed by atoms with E-state index in [4.69, 9.17) is 4.74 Å². The van der Waals surface area contributed by atoms with Crippen LogP contribution in [0, 0.1) is 6.92 Å². The third-order valence-corrected chi connectivity index (χ3v) is 5.07. The van der Waals surface area contributed by atoms with Crippen LogP contribution >= 0.6 is 0 Å². The molecule has 1 N–H and O–H groups in total. The number of hydrogen-bond donors (Lipinski definition) is 1. The number of pyridine rings is 2. The van der Waals surface area contributed by atoms with Crippen LogP contribution in [0.5, 0.6) is 5.75 Å². The second kappa shape index (κ2) is 8.83. The Kier molecular flexibility index (Phi) is 5.80. The topological polar surface area (TPSA) is 75.3 Å². The van der Waals surface area contributed by atoms with Gasteiger partial charge in [0.05, 0.1) is 13.2 Å². The molecule has 1 amide bonds. The largest absolute Gasteiger partial charge is 0.494 e. The summed E-state index contributed by atoms with van der Waals surface area (Å²) in [4.78, 5) is 34.9. The molecule has 156 valence electrons. The van der Waals surface area contributed by atoms with Crippen molar-refractivity contribution in [3.8, 4) is 5.75 Å². The van der Waals surface area contributed by atoms with Gasteiger partial charge in [-0.25, -0.2) is 0 Å². The maximum absolute atomic E-state index is 13.3. The quantitative estimate of drug-likeness (QED) is 0.506. The molecule has 0 saturated heterocycles. The molecule has 2 aromatic carbocycles. The van der Waals surface area contributed by atoms with Crippen molar-refractivity contribution in [2.75, 3.05) is 11.5 Å². The lowest BCUT2D eigenvalue weighted by Gasteiger charge is -2.24. The van der Waals surface area contributed by atoms with Gasteiger partial charge < -0.3 is 14.6 Å². The Bertz CT molecular complexity index is 1280. The fraction of sp³-hybridized carbons (Fsp3) is 0.160. The summed E-state index contributed by atoms with van der Waals surface area (Å²) in [5, 5.41) is 0.843. The van der Waals surface area contributed by atoms with E-state index in [1.54, 1.807) is 29.3 Å². The van der Waals surface area contributed by atoms with Crippen LogP contribution < -0.4 is 15.2 Å². The molecule has 0 fully saturated rings. The van der Waals surface area contributed by atoms with Gasteiger partial charge >= 0.3 is 0 Å². The number of aromatic nitrogens is 2. The normalized spacial score (nSPS) is 10.8. The first-order valence-corrected chi connectivity index (χ1v) is 10.1. The van der Waals surface area contributed by atoms with Crippen LogP contribution in [0.2, 0.25) is 0 Å². The van der Waals surface area contributed by atoms with Gasteiger partial charge in [-0.1, -0.05) is 24.3 Å². The van der Waals surface area contributed by atoms with E-state index in [-0.39, 0.29) is 18.0 Å². The molecule has 0 radical (unpaired) electrons. The van der Waals surface area contributed by atoms with E-state index in [2.05, 4.69) is 9.97 Å². The lowest BCUT2D eigenvalue weighted by atomic mass is 10.1. The van der Waals surface area contributed by atoms with Crippen molar-refractivity contribution < 1.29 is 9.53 Å². The van der Waals surface area contributed by atoms with Crippen molar-refractivity contribution in [1.82, 2.24) is 9.97 Å². The molecule has 2 heterocycles. The molecule has 0 aliphatic rings. The first-order chi connectivity index (χ1) is 15.1. The highest BCUT2D eigenvalue weighted by Crippen LogP contribution is 2.24. The first kappa shape index (κ1) is 20.3. The monoisotopic (exact) mass is 413 g/mol. The van der Waals surface area contributed by atoms with Gasteiger partial charge in [0.25, 0.3) is 11.5 Å². The molecule has 0 saturated carbocycles. The number of amides is 1. The van der Waals surface area contributed by atoms with Crippen LogP contribution in [0.1, 0.15) is 28.5 Å². The Morgan fingerprint density at radius 1 is 1.06 bits per heavy atom. The molecule has 0 atom stereocenters. The van der Waals surface area contributed by atoms with Gasteiger partial charge in [-0.2, -0.15) is 0 Å². The second-order valence-corrected chi connectivity index (χ2v) is 7.20. The molecule has 4 rings (SSSR count). The summed E-state index contributed by atoms with van der Waals surface area (Å²) in [7, 11) is 0. The van der Waals surface area contributed by atoms with E-state index in [0.717, 1.165) is 27.9 Å². The molecule has 0 bridgehead atoms. The van der Waals surface area contributed by atoms with Crippen molar-refractivity contribution in [3.05, 3.63) is 100 Å². The van der Waals surface area contributed by atoms with E-state index in [1.807, 2.05) is 62.4 Å². The molecule has 6 heteroatoms. The number of H-pyrrole nitrogens is 1. The lowest BCUT2D eigenvalue weighted by Crippen LogP contribution is -2.33. The van der Waals surface area contributed by atoms with Crippen molar-refractivity contribution in [2.24, 2.45) is 0 Å². The molecular weight excluding hydrogens is 390 g/mol. The molecule has 0 unspecified atom stereocenters. The smallest absolute Gasteiger partial charge is 0.277 e. The van der Waals surface area contributed by atoms with Crippen LogP contribution in [-0.4, -0.2) is 22.5 Å². The minimum atomic E-state index is -0.266. The molecule has 31 heavy (non-hydrogen) atoms. The fourth-order valence-corrected chi connectivity index (χ4v) is 3.53. The molecule has 6 nitrogen and oxygen atoms in total. The zero-order valence-electron chi connectivity index (χ0n) is 17.5. The summed E-state index contributed by atoms with van der Waals surface area (Å²) in [5.74, 6) is 0.464. The number of rotatable bonds is 6. The summed E-state index contributed by atoms with van der Waals surface area (Å²) in [6, 6.07) is 20.2. The number of carbonyl (C=O) groups excluding carboxylic acids is 1. The standard InChI is InChI=1S/C25H23N3O3/c1-3-31-20-11-12-21-18(15-20)14-19(24(29)27-21)16-28(23-10-5-4-8-17(23)2)25(30)22-9-6-7-13-26-22/h4-15H,3,16H2,1-2H3,(H,27,29). The van der Waals surface area contributed by atoms with Gasteiger partial charge in [-0.3, -0.25) is 14.6 Å². The predicted octanol–water partition coefficient (Wildman–Crippen LogP) is 4.48. The van der Waals surface area contributed by atoms with Gasteiger partial charge in [0, 0.05) is 28.4 Å². The number of ether oxygens (including phenoxy) is 1. The summed E-state index contributed by atoms with van der Waals surface area (Å²) < 4.78 is 5.58. The molecule has 0 aliphatic carbocycles. The molecule has 0 spiro atoms. The molecule has 2 aromatic heterocycles. The number of anilines is 1. The van der Waals surface area contributed by atoms with Gasteiger partial charge in [0.2, 0.25) is 0 Å². The average molecular weight is 413 g/mol. The SMILES string of the molecule is CCOc1ccc2[nH]c(=O)c(CN(C(=O)c3ccccn3)c3ccccc3C)cc2c1. The maximum Gasteiger partial charge on any atom is 0.277 e. The summed E-state index contributed by atoms with van der Waals surface area (Å²) in [6.45, 7) is 4.53. The number of fused-ring (bicyclic) bond motifs is 1. The van der Waals surface area contributed by atoms with Crippen LogP contribution in [-0.2, 0) is 6.54 Å². The van der Waals surface area contributed by atoms with Crippen molar-refractivity contribution in [3.63, 3.8) is 0 Å². The minimum absolute atomic E-state index is 0.115. The predicted molar refractivity (Wildman–Crippen MR) is 122 cm³/mol. The zero-order chi connectivity index (χ0) is 21.8. The third-order valence-electron chi connectivity index (χ3n) is 5.07. The van der Waals surface area contributed by atoms with Gasteiger partial charge in [-0.15, -0.1) is 0 Å². The number of carbonyl (C=O) groups is 1. The Labute approximate surface area is 180 Å². The number of benzene rings is 2. The zero-order valence-corrected chi connectivity index (χ0v) is 17.5. The second-order valence-electron chi connectivity index (χ2n) is 7.20. The summed E-state index contributed by atoms with van der Waals surface area (Å²) in [6.07, 6.45) is 1.58. The van der Waals surface area contributed by atoms with Gasteiger partial charge in [0.15, 0.2) is 0 Å². The highest BCUT2D eigenvalue weighted by atomic mass is 16.5. The van der Waals surface area contributed by atoms with E-state index < -0.39 is 0 Å². The Balaban J connectivity index is 1.78. The van der Waals surface area contributed by atoms with Gasteiger partial charge in [0.1, 0.15) is 11.4 Å². The number of nitrogens with zero attached hydrogens (tertiary/aromatic N) is 2. The van der Waals surface area contributed by atoms with E-state index >= 15 is 0 Å². The Morgan fingerprint density at radius 3 is 2.61 bits per heavy atom. The van der Waals surface area contributed by atoms with Crippen LogP contribution in [0.3, 0.4) is 0 Å². The van der Waals surface area contributed by atoms with Crippen LogP contribution in [0.15, 0.2) is 77.7 Å². The molecule has 0 aliphatic heterocycles. The van der Waals surface area contributed by atoms with E-state index in [9.17, 15) is 9.59 Å². The van der Waals surface area contributed by atoms with Crippen molar-refractivity contribution >= 4 is 22.5 Å². The Morgan fingerprint density at radius 2 is 1.87 bits per heavy atom. The number of nitrogens with one attached hydrogen (secondary N) is 1. The van der Waals surface area contributed by atoms with Gasteiger partial charge in [-0.05, 0) is 61.9 Å². The number of aromatic amines is 1. The van der Waals surface area contributed by atoms with Crippen molar-refractivity contribution in [2.45, 2.75) is 20.4 Å². The highest BCUT2D eigenvalue weighted by molar-refractivity contribution is 6.05. The fourth-order valence-electron chi connectivity index (χ4n) is 3.53. The first-order valence-electron chi connectivity index (χ1n) is 10.1. The lowest BCUT2D eigenvalue weighted by molar-refractivity contribution is 0.0980. The summed E-state index contributed by atoms with van der Waals surface area (Å²) >= 11 is 0. The van der Waals surface area contributed by atoms with E-state index in [0.29, 0.717) is 17.9 Å². The average Bonchev–Trinajstić information content (AvgIpc) is 2.79. The third kappa shape index (κ3) is 4.33. The Hall–Kier alpha value is -3.93. The highest BCUT2D eigenvalue weighted by Gasteiger charge is 2.22. The van der Waals surface area contributed by atoms with Crippen molar-refractivity contribution in [1.29, 1.82) is 0 Å². The number of hydrogen-bond acceptors (Lipinski definition) is 4. The minimum Gasteiger partial charge on any atom is -0.494 e. The molecule has 4 aromatic rings. The van der Waals surface area contributed by atoms with E-state index in [1.165, 1.54) is 0 Å². The number of aryl methyl sites for hydroxylation is 1. The number of para-hydroxylation sites is 1. The van der Waals surface area contributed by atoms with Crippen LogP contribution in [0.25, 0.3) is 10.9 Å². The van der Waals surface area contributed by atoms with Crippen LogP contribution in [0.4, 0.5) is 5.69 Å². The molecular formula is C25H23N3O3.